The second-order valence-electron chi connectivity index (χ2n) is 21.3. The molecule has 0 aromatic carbocycles. The van der Waals surface area contributed by atoms with Gasteiger partial charge in [0, 0.05) is 19.3 Å². The van der Waals surface area contributed by atoms with Crippen LogP contribution in [0.25, 0.3) is 0 Å². The van der Waals surface area contributed by atoms with E-state index in [1.165, 1.54) is 250 Å². The molecule has 0 aliphatic carbocycles. The zero-order valence-corrected chi connectivity index (χ0v) is 46.9. The number of carbonyl (C=O) groups is 3. The molecule has 0 bridgehead atoms. The van der Waals surface area contributed by atoms with Crippen molar-refractivity contribution < 1.29 is 28.6 Å². The van der Waals surface area contributed by atoms with Crippen molar-refractivity contribution in [2.45, 2.75) is 361 Å². The smallest absolute Gasteiger partial charge is 0.306 e. The zero-order chi connectivity index (χ0) is 50.0. The van der Waals surface area contributed by atoms with Gasteiger partial charge < -0.3 is 14.2 Å². The molecule has 0 spiro atoms. The Morgan fingerprint density at radius 2 is 0.493 bits per heavy atom. The lowest BCUT2D eigenvalue weighted by Crippen LogP contribution is -2.30. The maximum atomic E-state index is 12.9. The Balaban J connectivity index is 4.18. The molecule has 1 unspecified atom stereocenters. The Kier molecular flexibility index (Phi) is 57.1. The summed E-state index contributed by atoms with van der Waals surface area (Å²) in [5, 5.41) is 0. The summed E-state index contributed by atoms with van der Waals surface area (Å²) in [4.78, 5) is 38.2. The number of rotatable bonds is 58. The van der Waals surface area contributed by atoms with Gasteiger partial charge in [0.2, 0.25) is 0 Å². The summed E-state index contributed by atoms with van der Waals surface area (Å²) in [7, 11) is 0. The van der Waals surface area contributed by atoms with Gasteiger partial charge in [-0.25, -0.2) is 0 Å². The molecule has 0 N–H and O–H groups in total. The van der Waals surface area contributed by atoms with E-state index in [1.807, 2.05) is 0 Å². The molecule has 0 aliphatic heterocycles. The van der Waals surface area contributed by atoms with Crippen LogP contribution in [0.15, 0.2) is 12.2 Å². The summed E-state index contributed by atoms with van der Waals surface area (Å²) >= 11 is 0. The monoisotopic (exact) mass is 973 g/mol. The molecule has 0 saturated heterocycles. The maximum absolute atomic E-state index is 12.9. The highest BCUT2D eigenvalue weighted by Gasteiger charge is 2.19. The third-order valence-corrected chi connectivity index (χ3v) is 14.3. The van der Waals surface area contributed by atoms with Crippen LogP contribution >= 0.6 is 0 Å². The fourth-order valence-corrected chi connectivity index (χ4v) is 9.55. The number of allylic oxidation sites excluding steroid dienone is 2. The number of hydrogen-bond acceptors (Lipinski definition) is 6. The molecular formula is C63H120O6. The summed E-state index contributed by atoms with van der Waals surface area (Å²) in [6.45, 7) is 6.66. The van der Waals surface area contributed by atoms with Gasteiger partial charge in [-0.2, -0.15) is 0 Å². The van der Waals surface area contributed by atoms with E-state index in [-0.39, 0.29) is 31.1 Å². The van der Waals surface area contributed by atoms with Gasteiger partial charge in [0.15, 0.2) is 6.10 Å². The lowest BCUT2D eigenvalue weighted by molar-refractivity contribution is -0.167. The van der Waals surface area contributed by atoms with E-state index in [9.17, 15) is 14.4 Å². The van der Waals surface area contributed by atoms with Gasteiger partial charge in [0.1, 0.15) is 13.2 Å². The molecule has 69 heavy (non-hydrogen) atoms. The first-order valence-electron chi connectivity index (χ1n) is 31.2. The highest BCUT2D eigenvalue weighted by atomic mass is 16.6. The minimum Gasteiger partial charge on any atom is -0.462 e. The van der Waals surface area contributed by atoms with Crippen molar-refractivity contribution in [2.24, 2.45) is 0 Å². The second-order valence-corrected chi connectivity index (χ2v) is 21.3. The highest BCUT2D eigenvalue weighted by molar-refractivity contribution is 5.71. The van der Waals surface area contributed by atoms with Crippen LogP contribution in [0.2, 0.25) is 0 Å². The topological polar surface area (TPSA) is 78.9 Å². The van der Waals surface area contributed by atoms with Crippen molar-refractivity contribution in [3.05, 3.63) is 12.2 Å². The van der Waals surface area contributed by atoms with Crippen molar-refractivity contribution in [3.8, 4) is 0 Å². The average molecular weight is 974 g/mol. The van der Waals surface area contributed by atoms with Crippen LogP contribution in [0, 0.1) is 0 Å². The summed E-state index contributed by atoms with van der Waals surface area (Å²) in [6.07, 6.45) is 68.0. The SMILES string of the molecule is CCCC/C=C\CCCCCCCC(=O)OCC(COC(=O)CCCCCCCCCCCCCCCCCCCCCCCCCC)OC(=O)CCCCCCCCCCCCCCCCCC. The molecule has 6 heteroatoms. The van der Waals surface area contributed by atoms with Gasteiger partial charge in [-0.1, -0.05) is 309 Å². The van der Waals surface area contributed by atoms with E-state index in [0.717, 1.165) is 64.2 Å². The van der Waals surface area contributed by atoms with Crippen molar-refractivity contribution in [1.29, 1.82) is 0 Å². The summed E-state index contributed by atoms with van der Waals surface area (Å²) in [6, 6.07) is 0. The largest absolute Gasteiger partial charge is 0.462 e. The third-order valence-electron chi connectivity index (χ3n) is 14.3. The maximum Gasteiger partial charge on any atom is 0.306 e. The predicted octanol–water partition coefficient (Wildman–Crippen LogP) is 20.9. The summed E-state index contributed by atoms with van der Waals surface area (Å²) in [5.41, 5.74) is 0. The van der Waals surface area contributed by atoms with E-state index in [4.69, 9.17) is 14.2 Å². The van der Waals surface area contributed by atoms with E-state index >= 15 is 0 Å². The summed E-state index contributed by atoms with van der Waals surface area (Å²) < 4.78 is 16.9. The minimum atomic E-state index is -0.768. The van der Waals surface area contributed by atoms with Crippen molar-refractivity contribution in [2.75, 3.05) is 13.2 Å². The number of hydrogen-bond donors (Lipinski definition) is 0. The van der Waals surface area contributed by atoms with Crippen LogP contribution in [-0.2, 0) is 28.6 Å². The minimum absolute atomic E-state index is 0.0664. The highest BCUT2D eigenvalue weighted by Crippen LogP contribution is 2.18. The van der Waals surface area contributed by atoms with Crippen LogP contribution in [0.5, 0.6) is 0 Å². The lowest BCUT2D eigenvalue weighted by Gasteiger charge is -2.18. The first-order chi connectivity index (χ1) is 34.0. The Hall–Kier alpha value is -1.85. The van der Waals surface area contributed by atoms with E-state index < -0.39 is 6.10 Å². The molecule has 1 atom stereocenters. The summed E-state index contributed by atoms with van der Waals surface area (Å²) in [5.74, 6) is -0.850. The van der Waals surface area contributed by atoms with Crippen molar-refractivity contribution >= 4 is 17.9 Å². The molecular weight excluding hydrogens is 853 g/mol. The van der Waals surface area contributed by atoms with Crippen molar-refractivity contribution in [1.82, 2.24) is 0 Å². The van der Waals surface area contributed by atoms with Gasteiger partial charge in [0.05, 0.1) is 0 Å². The molecule has 0 aromatic rings. The van der Waals surface area contributed by atoms with Crippen LogP contribution in [0.3, 0.4) is 0 Å². The quantitative estimate of drug-likeness (QED) is 0.0261. The Labute approximate surface area is 431 Å². The molecule has 0 aromatic heterocycles. The van der Waals surface area contributed by atoms with Gasteiger partial charge in [-0.3, -0.25) is 14.4 Å². The molecule has 6 nitrogen and oxygen atoms in total. The molecule has 0 radical (unpaired) electrons. The molecule has 408 valence electrons. The first-order valence-corrected chi connectivity index (χ1v) is 31.2. The third kappa shape index (κ3) is 56.9. The first kappa shape index (κ1) is 67.1. The predicted molar refractivity (Wildman–Crippen MR) is 298 cm³/mol. The Bertz CT molecular complexity index is 1070. The van der Waals surface area contributed by atoms with Crippen LogP contribution in [-0.4, -0.2) is 37.2 Å². The molecule has 0 amide bonds. The average Bonchev–Trinajstić information content (AvgIpc) is 3.35. The number of unbranched alkanes of at least 4 members (excludes halogenated alkanes) is 45. The fraction of sp³-hybridized carbons (Fsp3) is 0.921. The normalized spacial score (nSPS) is 12.0. The van der Waals surface area contributed by atoms with E-state index in [1.54, 1.807) is 0 Å². The fourth-order valence-electron chi connectivity index (χ4n) is 9.55. The van der Waals surface area contributed by atoms with Gasteiger partial charge >= 0.3 is 17.9 Å². The Morgan fingerprint density at radius 1 is 0.275 bits per heavy atom. The van der Waals surface area contributed by atoms with Crippen LogP contribution in [0.1, 0.15) is 355 Å². The standard InChI is InChI=1S/C63H120O6/c1-4-7-10-13-16-19-22-24-26-28-29-30-31-32-33-34-35-37-38-41-44-47-50-53-56-62(65)68-59-60(58-67-61(64)55-52-49-46-43-40-21-18-15-12-9-6-3)69-63(66)57-54-51-48-45-42-39-36-27-25-23-20-17-14-11-8-5-2/h15,18,60H,4-14,16-17,19-59H2,1-3H3/b18-15-. The number of carbonyl (C=O) groups excluding carboxylic acids is 3. The van der Waals surface area contributed by atoms with Crippen LogP contribution in [0.4, 0.5) is 0 Å². The van der Waals surface area contributed by atoms with E-state index in [0.29, 0.717) is 19.3 Å². The molecule has 0 aliphatic rings. The van der Waals surface area contributed by atoms with Crippen LogP contribution < -0.4 is 0 Å². The molecule has 0 rings (SSSR count). The van der Waals surface area contributed by atoms with Crippen molar-refractivity contribution in [3.63, 3.8) is 0 Å². The number of ether oxygens (including phenoxy) is 3. The number of esters is 3. The molecule has 0 heterocycles. The zero-order valence-electron chi connectivity index (χ0n) is 46.9. The van der Waals surface area contributed by atoms with Gasteiger partial charge in [-0.05, 0) is 38.5 Å². The van der Waals surface area contributed by atoms with Gasteiger partial charge in [-0.15, -0.1) is 0 Å². The van der Waals surface area contributed by atoms with Gasteiger partial charge in [0.25, 0.3) is 0 Å². The second kappa shape index (κ2) is 58.7. The Morgan fingerprint density at radius 3 is 0.768 bits per heavy atom. The van der Waals surface area contributed by atoms with E-state index in [2.05, 4.69) is 32.9 Å². The molecule has 0 saturated carbocycles. The lowest BCUT2D eigenvalue weighted by atomic mass is 10.0. The molecule has 0 fully saturated rings.